The molecule has 2 aromatic rings. The molecule has 2 N–H and O–H groups in total. The van der Waals surface area contributed by atoms with Gasteiger partial charge in [-0.05, 0) is 17.7 Å². The number of nitrogens with zero attached hydrogens (tertiary/aromatic N) is 2. The van der Waals surface area contributed by atoms with Crippen LogP contribution in [0.2, 0.25) is 0 Å². The van der Waals surface area contributed by atoms with Gasteiger partial charge in [-0.25, -0.2) is 14.8 Å². The van der Waals surface area contributed by atoms with Gasteiger partial charge < -0.3 is 10.6 Å². The highest BCUT2D eigenvalue weighted by atomic mass is 32.2. The number of aromatic nitrogens is 2. The van der Waals surface area contributed by atoms with E-state index in [1.54, 1.807) is 23.5 Å². The number of thioether (sulfide) groups is 1. The second-order valence-corrected chi connectivity index (χ2v) is 8.30. The van der Waals surface area contributed by atoms with E-state index >= 15 is 0 Å². The molecule has 0 unspecified atom stereocenters. The van der Waals surface area contributed by atoms with Crippen LogP contribution in [0.5, 0.6) is 0 Å². The third kappa shape index (κ3) is 6.03. The summed E-state index contributed by atoms with van der Waals surface area (Å²) in [6, 6.07) is 3.72. The number of nitrogens with one attached hydrogen (secondary N) is 2. The average molecular weight is 336 g/mol. The van der Waals surface area contributed by atoms with Crippen LogP contribution in [0.4, 0.5) is 4.79 Å². The molecule has 0 saturated heterocycles. The van der Waals surface area contributed by atoms with E-state index in [4.69, 9.17) is 0 Å². The van der Waals surface area contributed by atoms with Crippen molar-refractivity contribution >= 4 is 29.1 Å². The van der Waals surface area contributed by atoms with Crippen molar-refractivity contribution in [3.63, 3.8) is 0 Å². The minimum absolute atomic E-state index is 0.115. The van der Waals surface area contributed by atoms with Gasteiger partial charge in [0.25, 0.3) is 0 Å². The smallest absolute Gasteiger partial charge is 0.315 e. The highest BCUT2D eigenvalue weighted by molar-refractivity contribution is 8.00. The van der Waals surface area contributed by atoms with E-state index in [-0.39, 0.29) is 10.8 Å². The molecule has 118 valence electrons. The zero-order chi connectivity index (χ0) is 16.0. The number of thiazole rings is 1. The number of pyridine rings is 1. The van der Waals surface area contributed by atoms with E-state index in [2.05, 4.69) is 41.4 Å². The number of amides is 2. The molecule has 0 bridgehead atoms. The molecule has 5 nitrogen and oxygen atoms in total. The maximum atomic E-state index is 11.8. The standard InChI is InChI=1S/C15H20N4OS2/c1-15(2,3)22-13-6-11(4-5-16-13)7-17-14(20)18-8-12-9-21-10-19-12/h4-6,9-10H,7-8H2,1-3H3,(H2,17,18,20). The molecule has 0 aliphatic carbocycles. The van der Waals surface area contributed by atoms with Gasteiger partial charge in [0.05, 0.1) is 22.8 Å². The molecule has 0 radical (unpaired) electrons. The summed E-state index contributed by atoms with van der Waals surface area (Å²) < 4.78 is 0.115. The first-order valence-electron chi connectivity index (χ1n) is 6.95. The molecule has 0 atom stereocenters. The van der Waals surface area contributed by atoms with Gasteiger partial charge in [-0.15, -0.1) is 23.1 Å². The van der Waals surface area contributed by atoms with Crippen molar-refractivity contribution in [1.82, 2.24) is 20.6 Å². The molecule has 7 heteroatoms. The Morgan fingerprint density at radius 1 is 1.27 bits per heavy atom. The lowest BCUT2D eigenvalue weighted by Gasteiger charge is -2.17. The molecule has 0 aliphatic heterocycles. The first-order chi connectivity index (χ1) is 10.4. The summed E-state index contributed by atoms with van der Waals surface area (Å²) in [5, 5.41) is 8.50. The van der Waals surface area contributed by atoms with Crippen LogP contribution < -0.4 is 10.6 Å². The Balaban J connectivity index is 1.80. The van der Waals surface area contributed by atoms with E-state index in [0.717, 1.165) is 16.3 Å². The highest BCUT2D eigenvalue weighted by Gasteiger charge is 2.13. The molecule has 0 saturated carbocycles. The number of carbonyl (C=O) groups is 1. The quantitative estimate of drug-likeness (QED) is 0.821. The monoisotopic (exact) mass is 336 g/mol. The molecule has 2 aromatic heterocycles. The van der Waals surface area contributed by atoms with Crippen LogP contribution in [-0.4, -0.2) is 20.7 Å². The highest BCUT2D eigenvalue weighted by Crippen LogP contribution is 2.30. The topological polar surface area (TPSA) is 66.9 Å². The van der Waals surface area contributed by atoms with Crippen LogP contribution in [-0.2, 0) is 13.1 Å². The first-order valence-corrected chi connectivity index (χ1v) is 8.71. The van der Waals surface area contributed by atoms with Crippen molar-refractivity contribution in [3.05, 3.63) is 40.5 Å². The van der Waals surface area contributed by atoms with Crippen molar-refractivity contribution in [2.24, 2.45) is 0 Å². The second kappa shape index (κ2) is 7.60. The Labute approximate surface area is 139 Å². The van der Waals surface area contributed by atoms with Gasteiger partial charge in [-0.1, -0.05) is 20.8 Å². The van der Waals surface area contributed by atoms with E-state index in [1.807, 2.05) is 17.5 Å². The molecule has 22 heavy (non-hydrogen) atoms. The Hall–Kier alpha value is -1.60. The van der Waals surface area contributed by atoms with E-state index in [9.17, 15) is 4.79 Å². The van der Waals surface area contributed by atoms with Crippen LogP contribution >= 0.6 is 23.1 Å². The zero-order valence-electron chi connectivity index (χ0n) is 12.9. The molecule has 0 aromatic carbocycles. The van der Waals surface area contributed by atoms with Crippen molar-refractivity contribution in [2.75, 3.05) is 0 Å². The Bertz CT molecular complexity index is 608. The lowest BCUT2D eigenvalue weighted by molar-refractivity contribution is 0.240. The van der Waals surface area contributed by atoms with Crippen LogP contribution in [0.25, 0.3) is 0 Å². The van der Waals surface area contributed by atoms with E-state index in [0.29, 0.717) is 13.1 Å². The lowest BCUT2D eigenvalue weighted by atomic mass is 10.2. The minimum atomic E-state index is -0.199. The molecule has 2 heterocycles. The average Bonchev–Trinajstić information content (AvgIpc) is 2.95. The number of carbonyl (C=O) groups excluding carboxylic acids is 1. The Morgan fingerprint density at radius 3 is 2.73 bits per heavy atom. The molecule has 0 aliphatic rings. The number of rotatable bonds is 5. The fourth-order valence-electron chi connectivity index (χ4n) is 1.67. The Kier molecular flexibility index (Phi) is 5.79. The third-order valence-corrected chi connectivity index (χ3v) is 4.26. The van der Waals surface area contributed by atoms with Crippen LogP contribution in [0.1, 0.15) is 32.0 Å². The lowest BCUT2D eigenvalue weighted by Crippen LogP contribution is -2.34. The Morgan fingerprint density at radius 2 is 2.05 bits per heavy atom. The van der Waals surface area contributed by atoms with Crippen molar-refractivity contribution in [2.45, 2.75) is 43.6 Å². The number of hydrogen-bond acceptors (Lipinski definition) is 5. The molecule has 0 spiro atoms. The van der Waals surface area contributed by atoms with Gasteiger partial charge in [0.15, 0.2) is 0 Å². The molecule has 2 amide bonds. The molecular weight excluding hydrogens is 316 g/mol. The second-order valence-electron chi connectivity index (χ2n) is 5.73. The fraction of sp³-hybridized carbons (Fsp3) is 0.400. The predicted octanol–water partition coefficient (Wildman–Crippen LogP) is 3.43. The van der Waals surface area contributed by atoms with Crippen molar-refractivity contribution in [3.8, 4) is 0 Å². The van der Waals surface area contributed by atoms with Gasteiger partial charge in [0.2, 0.25) is 0 Å². The summed E-state index contributed by atoms with van der Waals surface area (Å²) in [5.74, 6) is 0. The van der Waals surface area contributed by atoms with E-state index < -0.39 is 0 Å². The van der Waals surface area contributed by atoms with E-state index in [1.165, 1.54) is 11.3 Å². The summed E-state index contributed by atoms with van der Waals surface area (Å²) in [6.45, 7) is 7.36. The van der Waals surface area contributed by atoms with Crippen LogP contribution in [0.3, 0.4) is 0 Å². The van der Waals surface area contributed by atoms with Gasteiger partial charge >= 0.3 is 6.03 Å². The summed E-state index contributed by atoms with van der Waals surface area (Å²) in [4.78, 5) is 20.2. The summed E-state index contributed by atoms with van der Waals surface area (Å²) in [6.07, 6.45) is 1.78. The van der Waals surface area contributed by atoms with Crippen molar-refractivity contribution in [1.29, 1.82) is 0 Å². The summed E-state index contributed by atoms with van der Waals surface area (Å²) >= 11 is 3.23. The fourth-order valence-corrected chi connectivity index (χ4v) is 3.18. The van der Waals surface area contributed by atoms with Gasteiger partial charge in [-0.3, -0.25) is 0 Å². The maximum absolute atomic E-state index is 11.8. The number of urea groups is 1. The maximum Gasteiger partial charge on any atom is 0.315 e. The number of hydrogen-bond donors (Lipinski definition) is 2. The van der Waals surface area contributed by atoms with Crippen molar-refractivity contribution < 1.29 is 4.79 Å². The van der Waals surface area contributed by atoms with Gasteiger partial charge in [0, 0.05) is 22.9 Å². The van der Waals surface area contributed by atoms with Crippen LogP contribution in [0.15, 0.2) is 34.2 Å². The molecule has 2 rings (SSSR count). The zero-order valence-corrected chi connectivity index (χ0v) is 14.6. The van der Waals surface area contributed by atoms with Gasteiger partial charge in [-0.2, -0.15) is 0 Å². The predicted molar refractivity (Wildman–Crippen MR) is 91.0 cm³/mol. The first kappa shape index (κ1) is 16.8. The third-order valence-electron chi connectivity index (χ3n) is 2.58. The molecular formula is C15H20N4OS2. The molecule has 0 fully saturated rings. The normalized spacial score (nSPS) is 11.2. The SMILES string of the molecule is CC(C)(C)Sc1cc(CNC(=O)NCc2cscn2)ccn1. The minimum Gasteiger partial charge on any atom is -0.334 e. The largest absolute Gasteiger partial charge is 0.334 e. The van der Waals surface area contributed by atoms with Crippen LogP contribution in [0, 0.1) is 0 Å². The van der Waals surface area contributed by atoms with Gasteiger partial charge in [0.1, 0.15) is 0 Å². The summed E-state index contributed by atoms with van der Waals surface area (Å²) in [7, 11) is 0. The summed E-state index contributed by atoms with van der Waals surface area (Å²) in [5.41, 5.74) is 3.65.